The second-order valence-corrected chi connectivity index (χ2v) is 13.8. The lowest BCUT2D eigenvalue weighted by Crippen LogP contribution is -2.28. The van der Waals surface area contributed by atoms with E-state index >= 15 is 0 Å². The number of Topliss-reactive ketones (excluding diaryl/α,β-unsaturated/α-hetero) is 2. The number of rotatable bonds is 33. The summed E-state index contributed by atoms with van der Waals surface area (Å²) in [5.74, 6) is -0.358. The summed E-state index contributed by atoms with van der Waals surface area (Å²) in [7, 11) is 1.97. The van der Waals surface area contributed by atoms with Gasteiger partial charge in [-0.2, -0.15) is 0 Å². The number of aryl methyl sites for hydroxylation is 1. The molecule has 0 bridgehead atoms. The van der Waals surface area contributed by atoms with E-state index in [0.29, 0.717) is 12.8 Å². The van der Waals surface area contributed by atoms with Gasteiger partial charge < -0.3 is 0 Å². The second kappa shape index (κ2) is 31.6. The Bertz CT molecular complexity index is 848. The molecule has 0 atom stereocenters. The fraction of sp³-hybridized carbons (Fsp3) is 0.744. The summed E-state index contributed by atoms with van der Waals surface area (Å²) in [6.45, 7) is 4.54. The van der Waals surface area contributed by atoms with Gasteiger partial charge in [-0.1, -0.05) is 141 Å². The zero-order valence-corrected chi connectivity index (χ0v) is 30.8. The lowest BCUT2D eigenvalue weighted by molar-refractivity contribution is -0.671. The second-order valence-electron chi connectivity index (χ2n) is 13.8. The number of carbonyl (C=O) groups is 2. The van der Waals surface area contributed by atoms with Crippen LogP contribution in [-0.2, 0) is 16.6 Å². The molecule has 0 aliphatic heterocycles. The van der Waals surface area contributed by atoms with Gasteiger partial charge in [-0.3, -0.25) is 9.59 Å². The number of nitrogens with zero attached hydrogens (tertiary/aromatic N) is 1. The van der Waals surface area contributed by atoms with Gasteiger partial charge in [0.2, 0.25) is 0 Å². The van der Waals surface area contributed by atoms with Crippen LogP contribution >= 0.6 is 0 Å². The van der Waals surface area contributed by atoms with E-state index in [1.165, 1.54) is 141 Å². The van der Waals surface area contributed by atoms with Crippen LogP contribution in [0.2, 0.25) is 0 Å². The van der Waals surface area contributed by atoms with Crippen molar-refractivity contribution in [2.75, 3.05) is 0 Å². The van der Waals surface area contributed by atoms with E-state index in [9.17, 15) is 9.59 Å². The monoisotopic (exact) mass is 637 g/mol. The molecule has 0 aliphatic carbocycles. The van der Waals surface area contributed by atoms with Gasteiger partial charge in [0.15, 0.2) is 12.4 Å². The maximum atomic E-state index is 13.3. The van der Waals surface area contributed by atoms with Gasteiger partial charge in [-0.25, -0.2) is 4.57 Å². The summed E-state index contributed by atoms with van der Waals surface area (Å²) < 4.78 is 1.96. The molecule has 0 spiro atoms. The van der Waals surface area contributed by atoms with E-state index in [1.807, 2.05) is 36.1 Å². The van der Waals surface area contributed by atoms with E-state index in [0.717, 1.165) is 31.2 Å². The molecule has 0 aliphatic rings. The lowest BCUT2D eigenvalue weighted by Gasteiger charge is -2.15. The van der Waals surface area contributed by atoms with E-state index < -0.39 is 5.92 Å². The first-order chi connectivity index (χ1) is 22.6. The lowest BCUT2D eigenvalue weighted by atomic mass is 9.86. The molecule has 0 amide bonds. The average Bonchev–Trinajstić information content (AvgIpc) is 3.05. The summed E-state index contributed by atoms with van der Waals surface area (Å²) in [6.07, 6.45) is 46.8. The number of hydrogen-bond acceptors (Lipinski definition) is 2. The largest absolute Gasteiger partial charge is 0.299 e. The van der Waals surface area contributed by atoms with Gasteiger partial charge in [0, 0.05) is 25.0 Å². The van der Waals surface area contributed by atoms with Crippen LogP contribution in [0, 0.1) is 0 Å². The van der Waals surface area contributed by atoms with Gasteiger partial charge in [-0.15, -0.1) is 0 Å². The summed E-state index contributed by atoms with van der Waals surface area (Å²) in [4.78, 5) is 26.6. The van der Waals surface area contributed by atoms with Crippen LogP contribution in [0.3, 0.4) is 0 Å². The van der Waals surface area contributed by atoms with Crippen LogP contribution in [0.1, 0.15) is 205 Å². The van der Waals surface area contributed by atoms with Crippen molar-refractivity contribution in [1.82, 2.24) is 0 Å². The minimum Gasteiger partial charge on any atom is -0.299 e. The van der Waals surface area contributed by atoms with Gasteiger partial charge >= 0.3 is 0 Å². The highest BCUT2D eigenvalue weighted by molar-refractivity contribution is 6.07. The van der Waals surface area contributed by atoms with Crippen LogP contribution in [-0.4, -0.2) is 11.6 Å². The molecule has 1 rings (SSSR count). The van der Waals surface area contributed by atoms with Crippen LogP contribution in [0.4, 0.5) is 0 Å². The Balaban J connectivity index is 2.22. The van der Waals surface area contributed by atoms with Crippen LogP contribution in [0.5, 0.6) is 0 Å². The zero-order valence-electron chi connectivity index (χ0n) is 30.8. The smallest absolute Gasteiger partial charge is 0.168 e. The number of aromatic nitrogens is 1. The highest BCUT2D eigenvalue weighted by Gasteiger charge is 2.27. The Hall–Kier alpha value is -2.03. The van der Waals surface area contributed by atoms with Crippen molar-refractivity contribution in [3.05, 3.63) is 54.4 Å². The molecule has 0 radical (unpaired) electrons. The molecule has 1 aromatic rings. The van der Waals surface area contributed by atoms with E-state index in [4.69, 9.17) is 0 Å². The molecule has 0 fully saturated rings. The molecular formula is C43H74NO2+. The fourth-order valence-corrected chi connectivity index (χ4v) is 6.28. The molecule has 0 aromatic carbocycles. The SMILES string of the molecule is CCCCCCCC/C=C\CCCCCCCC(=O)C(C(=O)CCCCCCC/C=C\CCCCCCCC)c1cc[n+](C)cc1. The summed E-state index contributed by atoms with van der Waals surface area (Å²) in [5.41, 5.74) is 0.869. The summed E-state index contributed by atoms with van der Waals surface area (Å²) in [5, 5.41) is 0. The molecule has 0 unspecified atom stereocenters. The van der Waals surface area contributed by atoms with Crippen LogP contribution in [0.15, 0.2) is 48.8 Å². The maximum absolute atomic E-state index is 13.3. The predicted octanol–water partition coefficient (Wildman–Crippen LogP) is 12.8. The molecular weight excluding hydrogens is 562 g/mol. The first-order valence-electron chi connectivity index (χ1n) is 19.9. The van der Waals surface area contributed by atoms with Crippen molar-refractivity contribution < 1.29 is 14.2 Å². The van der Waals surface area contributed by atoms with Crippen molar-refractivity contribution in [3.63, 3.8) is 0 Å². The van der Waals surface area contributed by atoms with Crippen LogP contribution < -0.4 is 4.57 Å². The fourth-order valence-electron chi connectivity index (χ4n) is 6.28. The van der Waals surface area contributed by atoms with Crippen molar-refractivity contribution in [2.24, 2.45) is 7.05 Å². The molecule has 0 N–H and O–H groups in total. The number of unbranched alkanes of at least 4 members (excludes halogenated alkanes) is 22. The van der Waals surface area contributed by atoms with Gasteiger partial charge in [-0.05, 0) is 69.8 Å². The standard InChI is InChI=1S/C43H74NO2/c1-4-6-8-10-12-14-16-18-20-22-24-26-28-30-32-34-41(45)43(40-36-38-44(3)39-37-40)42(46)35-33-31-29-27-25-23-21-19-17-15-13-11-9-7-5-2/h18-21,36-39,43H,4-17,22-35H2,1-3H3/q+1/b20-18-,21-19-. The molecule has 0 saturated heterocycles. The molecule has 0 saturated carbocycles. The van der Waals surface area contributed by atoms with Gasteiger partial charge in [0.25, 0.3) is 0 Å². The molecule has 1 heterocycles. The van der Waals surface area contributed by atoms with E-state index in [1.54, 1.807) is 0 Å². The Morgan fingerprint density at radius 1 is 0.500 bits per heavy atom. The quantitative estimate of drug-likeness (QED) is 0.0333. The van der Waals surface area contributed by atoms with E-state index in [-0.39, 0.29) is 11.6 Å². The Morgan fingerprint density at radius 3 is 1.15 bits per heavy atom. The number of pyridine rings is 1. The first-order valence-corrected chi connectivity index (χ1v) is 19.9. The molecule has 3 heteroatoms. The number of hydrogen-bond donors (Lipinski definition) is 0. The Labute approximate surface area is 286 Å². The third-order valence-electron chi connectivity index (χ3n) is 9.35. The molecule has 3 nitrogen and oxygen atoms in total. The summed E-state index contributed by atoms with van der Waals surface area (Å²) in [6, 6.07) is 3.92. The highest BCUT2D eigenvalue weighted by Crippen LogP contribution is 2.24. The van der Waals surface area contributed by atoms with Crippen molar-refractivity contribution in [2.45, 2.75) is 200 Å². The normalized spacial score (nSPS) is 11.8. The minimum atomic E-state index is -0.588. The predicted molar refractivity (Wildman–Crippen MR) is 199 cm³/mol. The van der Waals surface area contributed by atoms with Gasteiger partial charge in [0.05, 0.1) is 0 Å². The number of allylic oxidation sites excluding steroid dienone is 4. The Kier molecular flexibility index (Phi) is 28.8. The van der Waals surface area contributed by atoms with Crippen molar-refractivity contribution in [3.8, 4) is 0 Å². The van der Waals surface area contributed by atoms with Crippen molar-refractivity contribution >= 4 is 11.6 Å². The third kappa shape index (κ3) is 24.2. The topological polar surface area (TPSA) is 38.0 Å². The average molecular weight is 637 g/mol. The van der Waals surface area contributed by atoms with Crippen LogP contribution in [0.25, 0.3) is 0 Å². The molecule has 262 valence electrons. The first kappa shape index (κ1) is 42.0. The number of carbonyl (C=O) groups excluding carboxylic acids is 2. The minimum absolute atomic E-state index is 0.115. The zero-order chi connectivity index (χ0) is 33.3. The summed E-state index contributed by atoms with van der Waals surface area (Å²) >= 11 is 0. The molecule has 1 aromatic heterocycles. The maximum Gasteiger partial charge on any atom is 0.168 e. The van der Waals surface area contributed by atoms with Gasteiger partial charge in [0.1, 0.15) is 24.5 Å². The van der Waals surface area contributed by atoms with E-state index in [2.05, 4.69) is 38.2 Å². The highest BCUT2D eigenvalue weighted by atomic mass is 16.1. The molecule has 46 heavy (non-hydrogen) atoms. The Morgan fingerprint density at radius 2 is 0.804 bits per heavy atom. The van der Waals surface area contributed by atoms with Crippen molar-refractivity contribution in [1.29, 1.82) is 0 Å². The third-order valence-corrected chi connectivity index (χ3v) is 9.35. The number of ketones is 2.